The molecule has 2 aromatic carbocycles. The topological polar surface area (TPSA) is 52.8 Å². The van der Waals surface area contributed by atoms with Gasteiger partial charge in [-0.15, -0.1) is 6.42 Å². The summed E-state index contributed by atoms with van der Waals surface area (Å²) in [6.07, 6.45) is 7.61. The Morgan fingerprint density at radius 2 is 1.90 bits per heavy atom. The lowest BCUT2D eigenvalue weighted by Crippen LogP contribution is -2.16. The van der Waals surface area contributed by atoms with Crippen LogP contribution in [0, 0.1) is 12.3 Å². The molecule has 0 unspecified atom stereocenters. The van der Waals surface area contributed by atoms with Crippen LogP contribution in [0.5, 0.6) is 11.5 Å². The molecule has 0 aliphatic carbocycles. The van der Waals surface area contributed by atoms with Crippen molar-refractivity contribution < 1.29 is 14.3 Å². The van der Waals surface area contributed by atoms with Crippen molar-refractivity contribution in [3.05, 3.63) is 52.8 Å². The van der Waals surface area contributed by atoms with Gasteiger partial charge >= 0.3 is 0 Å². The summed E-state index contributed by atoms with van der Waals surface area (Å²) in [4.78, 5) is 17.6. The molecule has 150 valence electrons. The minimum absolute atomic E-state index is 0.313. The highest BCUT2D eigenvalue weighted by Crippen LogP contribution is 2.23. The molecule has 5 nitrogen and oxygen atoms in total. The molecule has 1 heterocycles. The zero-order valence-corrected chi connectivity index (χ0v) is 17.5. The second-order valence-electron chi connectivity index (χ2n) is 6.38. The highest BCUT2D eigenvalue weighted by molar-refractivity contribution is 7.16. The summed E-state index contributed by atoms with van der Waals surface area (Å²) in [5.74, 6) is 3.86. The number of ether oxygens (including phenoxy) is 2. The van der Waals surface area contributed by atoms with Gasteiger partial charge < -0.3 is 14.0 Å². The number of benzene rings is 2. The van der Waals surface area contributed by atoms with E-state index in [0.29, 0.717) is 30.1 Å². The van der Waals surface area contributed by atoms with Gasteiger partial charge in [0.25, 0.3) is 5.91 Å². The Hall–Kier alpha value is -3.04. The first kappa shape index (κ1) is 20.7. The van der Waals surface area contributed by atoms with Gasteiger partial charge in [0.05, 0.1) is 30.0 Å². The van der Waals surface area contributed by atoms with Crippen LogP contribution in [0.3, 0.4) is 0 Å². The Morgan fingerprint density at radius 1 is 1.14 bits per heavy atom. The second kappa shape index (κ2) is 9.94. The maximum atomic E-state index is 12.7. The summed E-state index contributed by atoms with van der Waals surface area (Å²) < 4.78 is 14.1. The SMILES string of the molecule is C#CCn1c(=NC(=O)c2ccc(OCCCC)cc2)sc2cc(OCC)ccc21. The number of thiazole rings is 1. The molecule has 0 N–H and O–H groups in total. The van der Waals surface area contributed by atoms with Gasteiger partial charge in [-0.3, -0.25) is 4.79 Å². The molecule has 0 saturated carbocycles. The molecule has 1 amide bonds. The van der Waals surface area contributed by atoms with Crippen molar-refractivity contribution in [2.75, 3.05) is 13.2 Å². The molecule has 0 aliphatic rings. The van der Waals surface area contributed by atoms with E-state index in [1.807, 2.05) is 29.7 Å². The van der Waals surface area contributed by atoms with Crippen LogP contribution >= 0.6 is 11.3 Å². The quantitative estimate of drug-likeness (QED) is 0.403. The third kappa shape index (κ3) is 5.07. The molecule has 0 atom stereocenters. The third-order valence-corrected chi connectivity index (χ3v) is 5.32. The van der Waals surface area contributed by atoms with E-state index in [4.69, 9.17) is 15.9 Å². The van der Waals surface area contributed by atoms with Gasteiger partial charge in [-0.1, -0.05) is 30.6 Å². The molecule has 3 rings (SSSR count). The van der Waals surface area contributed by atoms with Crippen LogP contribution in [0.1, 0.15) is 37.0 Å². The van der Waals surface area contributed by atoms with Crippen LogP contribution in [-0.2, 0) is 6.54 Å². The number of carbonyl (C=O) groups excluding carboxylic acids is 1. The fraction of sp³-hybridized carbons (Fsp3) is 0.304. The maximum absolute atomic E-state index is 12.7. The number of hydrogen-bond donors (Lipinski definition) is 0. The number of aromatic nitrogens is 1. The van der Waals surface area contributed by atoms with Gasteiger partial charge in [-0.2, -0.15) is 4.99 Å². The number of terminal acetylenes is 1. The van der Waals surface area contributed by atoms with Crippen molar-refractivity contribution in [1.29, 1.82) is 0 Å². The smallest absolute Gasteiger partial charge is 0.279 e. The van der Waals surface area contributed by atoms with Crippen LogP contribution in [0.4, 0.5) is 0 Å². The number of rotatable bonds is 8. The fourth-order valence-corrected chi connectivity index (χ4v) is 3.88. The Bertz CT molecular complexity index is 1090. The van der Waals surface area contributed by atoms with Gasteiger partial charge in [0.2, 0.25) is 0 Å². The third-order valence-electron chi connectivity index (χ3n) is 4.28. The van der Waals surface area contributed by atoms with Crippen molar-refractivity contribution in [1.82, 2.24) is 4.57 Å². The first-order chi connectivity index (χ1) is 14.2. The molecule has 0 aliphatic heterocycles. The fourth-order valence-electron chi connectivity index (χ4n) is 2.82. The van der Waals surface area contributed by atoms with Crippen molar-refractivity contribution in [3.8, 4) is 23.8 Å². The number of fused-ring (bicyclic) bond motifs is 1. The molecule has 29 heavy (non-hydrogen) atoms. The lowest BCUT2D eigenvalue weighted by atomic mass is 10.2. The van der Waals surface area contributed by atoms with Crippen LogP contribution in [0.25, 0.3) is 10.2 Å². The monoisotopic (exact) mass is 408 g/mol. The van der Waals surface area contributed by atoms with Crippen LogP contribution in [0.15, 0.2) is 47.5 Å². The van der Waals surface area contributed by atoms with E-state index in [9.17, 15) is 4.79 Å². The first-order valence-corrected chi connectivity index (χ1v) is 10.5. The summed E-state index contributed by atoms with van der Waals surface area (Å²) in [5, 5.41) is 0. The number of amides is 1. The highest BCUT2D eigenvalue weighted by Gasteiger charge is 2.10. The van der Waals surface area contributed by atoms with E-state index in [-0.39, 0.29) is 5.91 Å². The Morgan fingerprint density at radius 3 is 2.59 bits per heavy atom. The summed E-state index contributed by atoms with van der Waals surface area (Å²) in [6, 6.07) is 12.9. The Balaban J connectivity index is 1.90. The molecule has 0 fully saturated rings. The van der Waals surface area contributed by atoms with Gasteiger partial charge in [0, 0.05) is 5.56 Å². The Kier molecular flexibility index (Phi) is 7.09. The van der Waals surface area contributed by atoms with Crippen molar-refractivity contribution in [2.24, 2.45) is 4.99 Å². The van der Waals surface area contributed by atoms with E-state index >= 15 is 0 Å². The number of carbonyl (C=O) groups is 1. The van der Waals surface area contributed by atoms with Gasteiger partial charge in [0.1, 0.15) is 11.5 Å². The first-order valence-electron chi connectivity index (χ1n) is 9.67. The second-order valence-corrected chi connectivity index (χ2v) is 7.39. The van der Waals surface area contributed by atoms with Crippen LogP contribution in [0.2, 0.25) is 0 Å². The summed E-state index contributed by atoms with van der Waals surface area (Å²) in [6.45, 7) is 5.66. The predicted octanol–water partition coefficient (Wildman–Crippen LogP) is 4.65. The molecule has 6 heteroatoms. The maximum Gasteiger partial charge on any atom is 0.279 e. The van der Waals surface area contributed by atoms with Crippen LogP contribution < -0.4 is 14.3 Å². The van der Waals surface area contributed by atoms with E-state index in [1.165, 1.54) is 11.3 Å². The zero-order valence-electron chi connectivity index (χ0n) is 16.7. The average Bonchev–Trinajstić information content (AvgIpc) is 3.05. The standard InChI is InChI=1S/C23H24N2O3S/c1-4-7-15-28-18-10-8-17(9-11-18)22(26)24-23-25(14-5-2)20-13-12-19(27-6-3)16-21(20)29-23/h2,8-13,16H,4,6-7,14-15H2,1,3H3. The average molecular weight is 409 g/mol. The summed E-state index contributed by atoms with van der Waals surface area (Å²) >= 11 is 1.42. The molecule has 3 aromatic rings. The zero-order chi connectivity index (χ0) is 20.6. The Labute approximate surface area is 174 Å². The van der Waals surface area contributed by atoms with Crippen molar-refractivity contribution in [2.45, 2.75) is 33.2 Å². The number of nitrogens with zero attached hydrogens (tertiary/aromatic N) is 2. The molecule has 0 bridgehead atoms. The number of hydrogen-bond acceptors (Lipinski definition) is 4. The minimum Gasteiger partial charge on any atom is -0.494 e. The van der Waals surface area contributed by atoms with E-state index < -0.39 is 0 Å². The highest BCUT2D eigenvalue weighted by atomic mass is 32.1. The molecular formula is C23H24N2O3S. The van der Waals surface area contributed by atoms with E-state index in [2.05, 4.69) is 17.8 Å². The molecule has 0 saturated heterocycles. The molecule has 0 spiro atoms. The van der Waals surface area contributed by atoms with Gasteiger partial charge in [-0.25, -0.2) is 0 Å². The molecule has 1 aromatic heterocycles. The van der Waals surface area contributed by atoms with Crippen LogP contribution in [-0.4, -0.2) is 23.7 Å². The lowest BCUT2D eigenvalue weighted by molar-refractivity contribution is 0.0998. The lowest BCUT2D eigenvalue weighted by Gasteiger charge is -2.05. The normalized spacial score (nSPS) is 11.4. The van der Waals surface area contributed by atoms with Gasteiger partial charge in [-0.05, 0) is 55.8 Å². The van der Waals surface area contributed by atoms with Crippen molar-refractivity contribution >= 4 is 27.5 Å². The summed E-state index contributed by atoms with van der Waals surface area (Å²) in [5.41, 5.74) is 1.44. The predicted molar refractivity (Wildman–Crippen MR) is 117 cm³/mol. The molecular weight excluding hydrogens is 384 g/mol. The van der Waals surface area contributed by atoms with E-state index in [0.717, 1.165) is 34.6 Å². The van der Waals surface area contributed by atoms with Crippen molar-refractivity contribution in [3.63, 3.8) is 0 Å². The largest absolute Gasteiger partial charge is 0.494 e. The summed E-state index contributed by atoms with van der Waals surface area (Å²) in [7, 11) is 0. The minimum atomic E-state index is -0.313. The molecule has 0 radical (unpaired) electrons. The number of unbranched alkanes of at least 4 members (excludes halogenated alkanes) is 1. The van der Waals surface area contributed by atoms with Gasteiger partial charge in [0.15, 0.2) is 4.80 Å². The van der Waals surface area contributed by atoms with E-state index in [1.54, 1.807) is 24.3 Å².